The van der Waals surface area contributed by atoms with E-state index in [9.17, 15) is 4.79 Å². The van der Waals surface area contributed by atoms with E-state index in [2.05, 4.69) is 40.7 Å². The molecule has 0 spiro atoms. The number of ketones is 1. The van der Waals surface area contributed by atoms with Crippen LogP contribution in [0, 0.1) is 52.3 Å². The lowest BCUT2D eigenvalue weighted by molar-refractivity contribution is -0.129. The first-order valence-corrected chi connectivity index (χ1v) is 14.9. The van der Waals surface area contributed by atoms with Gasteiger partial charge in [-0.3, -0.25) is 4.79 Å². The molecule has 0 heterocycles. The Hall–Kier alpha value is -0.630. The topological polar surface area (TPSA) is 26.3 Å². The third kappa shape index (κ3) is 4.96. The van der Waals surface area contributed by atoms with Crippen molar-refractivity contribution in [2.24, 2.45) is 52.3 Å². The second-order valence-electron chi connectivity index (χ2n) is 14.1. The standard InChI is InChI=1S/C32H54O2/c1-21(2)9-8-10-23(5)27-13-14-28-26-12-11-24-19-25(34-20-30(33)22(3)4)15-17-31(24,6)29(26)16-18-32(27,28)7/h11,21-23,25-29H,8-10,12-20H2,1-7H3/t23?,25-,26-,27+,28-,29-,31-,32+/m0/s1. The average molecular weight is 471 g/mol. The summed E-state index contributed by atoms with van der Waals surface area (Å²) >= 11 is 0. The Bertz CT molecular complexity index is 750. The third-order valence-electron chi connectivity index (χ3n) is 11.4. The van der Waals surface area contributed by atoms with E-state index in [0.29, 0.717) is 17.4 Å². The Morgan fingerprint density at radius 1 is 1.00 bits per heavy atom. The Labute approximate surface area is 211 Å². The highest BCUT2D eigenvalue weighted by Gasteiger charge is 2.59. The number of carbonyl (C=O) groups excluding carboxylic acids is 1. The summed E-state index contributed by atoms with van der Waals surface area (Å²) < 4.78 is 6.12. The molecule has 0 aliphatic heterocycles. The van der Waals surface area contributed by atoms with Crippen LogP contribution in [-0.4, -0.2) is 18.5 Å². The molecule has 0 aromatic rings. The molecule has 2 nitrogen and oxygen atoms in total. The van der Waals surface area contributed by atoms with E-state index >= 15 is 0 Å². The Morgan fingerprint density at radius 2 is 1.76 bits per heavy atom. The van der Waals surface area contributed by atoms with Crippen LogP contribution in [0.1, 0.15) is 119 Å². The van der Waals surface area contributed by atoms with Crippen molar-refractivity contribution in [1.29, 1.82) is 0 Å². The molecule has 4 aliphatic carbocycles. The molecule has 34 heavy (non-hydrogen) atoms. The molecule has 4 rings (SSSR count). The van der Waals surface area contributed by atoms with Gasteiger partial charge in [-0.1, -0.05) is 79.4 Å². The molecule has 2 heteroatoms. The van der Waals surface area contributed by atoms with Gasteiger partial charge in [0.25, 0.3) is 0 Å². The zero-order valence-corrected chi connectivity index (χ0v) is 23.5. The molecule has 0 radical (unpaired) electrons. The number of Topliss-reactive ketones (excluding diaryl/α,β-unsaturated/α-hetero) is 1. The molecule has 0 saturated heterocycles. The summed E-state index contributed by atoms with van der Waals surface area (Å²) in [5, 5.41) is 0. The fourth-order valence-corrected chi connectivity index (χ4v) is 9.16. The predicted molar refractivity (Wildman–Crippen MR) is 143 cm³/mol. The SMILES string of the molecule is CC(C)CCCC(C)[C@H]1CC[C@H]2[C@@H]3CC=C4C[C@@H](OCC(=O)C(C)C)CC[C@]4(C)[C@H]3CC[C@]12C. The molecular formula is C32H54O2. The van der Waals surface area contributed by atoms with E-state index in [0.717, 1.165) is 48.3 Å². The first kappa shape index (κ1) is 26.4. The Morgan fingerprint density at radius 3 is 2.47 bits per heavy atom. The normalized spacial score (nSPS) is 40.5. The van der Waals surface area contributed by atoms with Crippen molar-refractivity contribution in [3.63, 3.8) is 0 Å². The molecule has 194 valence electrons. The van der Waals surface area contributed by atoms with Gasteiger partial charge in [0.2, 0.25) is 0 Å². The largest absolute Gasteiger partial charge is 0.370 e. The molecule has 8 atom stereocenters. The monoisotopic (exact) mass is 470 g/mol. The Balaban J connectivity index is 1.41. The van der Waals surface area contributed by atoms with E-state index in [1.165, 1.54) is 57.8 Å². The number of hydrogen-bond acceptors (Lipinski definition) is 2. The average Bonchev–Trinajstić information content (AvgIpc) is 3.14. The summed E-state index contributed by atoms with van der Waals surface area (Å²) in [5.74, 6) is 5.66. The van der Waals surface area contributed by atoms with Crippen molar-refractivity contribution >= 4 is 5.78 Å². The third-order valence-corrected chi connectivity index (χ3v) is 11.4. The van der Waals surface area contributed by atoms with Crippen molar-refractivity contribution in [1.82, 2.24) is 0 Å². The maximum Gasteiger partial charge on any atom is 0.160 e. The molecule has 0 amide bonds. The molecule has 0 aromatic heterocycles. The molecule has 1 unspecified atom stereocenters. The summed E-state index contributed by atoms with van der Waals surface area (Å²) in [7, 11) is 0. The first-order chi connectivity index (χ1) is 16.1. The van der Waals surface area contributed by atoms with Crippen LogP contribution in [0.5, 0.6) is 0 Å². The van der Waals surface area contributed by atoms with Gasteiger partial charge < -0.3 is 4.74 Å². The lowest BCUT2D eigenvalue weighted by Gasteiger charge is -2.58. The van der Waals surface area contributed by atoms with Gasteiger partial charge in [-0.05, 0) is 97.7 Å². The predicted octanol–water partition coefficient (Wildman–Crippen LogP) is 8.64. The van der Waals surface area contributed by atoms with Crippen LogP contribution in [0.15, 0.2) is 11.6 Å². The van der Waals surface area contributed by atoms with Crippen LogP contribution in [0.2, 0.25) is 0 Å². The van der Waals surface area contributed by atoms with Gasteiger partial charge in [-0.15, -0.1) is 0 Å². The highest BCUT2D eigenvalue weighted by atomic mass is 16.5. The van der Waals surface area contributed by atoms with Crippen molar-refractivity contribution in [2.75, 3.05) is 6.61 Å². The van der Waals surface area contributed by atoms with Crippen LogP contribution < -0.4 is 0 Å². The molecule has 0 aromatic carbocycles. The van der Waals surface area contributed by atoms with E-state index in [4.69, 9.17) is 4.74 Å². The number of allylic oxidation sites excluding steroid dienone is 1. The minimum atomic E-state index is 0.0771. The van der Waals surface area contributed by atoms with Crippen LogP contribution in [0.4, 0.5) is 0 Å². The van der Waals surface area contributed by atoms with Gasteiger partial charge >= 0.3 is 0 Å². The van der Waals surface area contributed by atoms with Gasteiger partial charge in [0.05, 0.1) is 6.10 Å². The van der Waals surface area contributed by atoms with Crippen molar-refractivity contribution in [2.45, 2.75) is 125 Å². The maximum absolute atomic E-state index is 12.1. The van der Waals surface area contributed by atoms with Gasteiger partial charge in [0, 0.05) is 5.92 Å². The smallest absolute Gasteiger partial charge is 0.160 e. The maximum atomic E-state index is 12.1. The van der Waals surface area contributed by atoms with Gasteiger partial charge in [-0.25, -0.2) is 0 Å². The lowest BCUT2D eigenvalue weighted by atomic mass is 9.47. The van der Waals surface area contributed by atoms with Crippen molar-refractivity contribution < 1.29 is 9.53 Å². The molecule has 4 aliphatic rings. The molecule has 0 N–H and O–H groups in total. The van der Waals surface area contributed by atoms with E-state index < -0.39 is 0 Å². The van der Waals surface area contributed by atoms with E-state index in [1.807, 2.05) is 13.8 Å². The zero-order chi connectivity index (χ0) is 24.7. The number of carbonyl (C=O) groups is 1. The van der Waals surface area contributed by atoms with Crippen molar-refractivity contribution in [3.05, 3.63) is 11.6 Å². The van der Waals surface area contributed by atoms with Crippen LogP contribution in [0.25, 0.3) is 0 Å². The minimum Gasteiger partial charge on any atom is -0.370 e. The van der Waals surface area contributed by atoms with Gasteiger partial charge in [0.15, 0.2) is 5.78 Å². The first-order valence-electron chi connectivity index (χ1n) is 14.9. The highest BCUT2D eigenvalue weighted by Crippen LogP contribution is 2.67. The summed E-state index contributed by atoms with van der Waals surface area (Å²) in [6.07, 6.45) is 17.7. The van der Waals surface area contributed by atoms with Crippen LogP contribution >= 0.6 is 0 Å². The zero-order valence-electron chi connectivity index (χ0n) is 23.5. The summed E-state index contributed by atoms with van der Waals surface area (Å²) in [4.78, 5) is 12.1. The van der Waals surface area contributed by atoms with Gasteiger partial charge in [-0.2, -0.15) is 0 Å². The van der Waals surface area contributed by atoms with Gasteiger partial charge in [0.1, 0.15) is 6.61 Å². The number of ether oxygens (including phenoxy) is 1. The van der Waals surface area contributed by atoms with Crippen LogP contribution in [0.3, 0.4) is 0 Å². The van der Waals surface area contributed by atoms with E-state index in [1.54, 1.807) is 5.57 Å². The Kier molecular flexibility index (Phi) is 8.08. The second-order valence-corrected chi connectivity index (χ2v) is 14.1. The summed E-state index contributed by atoms with van der Waals surface area (Å²) in [5.41, 5.74) is 2.60. The lowest BCUT2D eigenvalue weighted by Crippen LogP contribution is -2.51. The summed E-state index contributed by atoms with van der Waals surface area (Å²) in [6.45, 7) is 16.9. The number of rotatable bonds is 9. The molecule has 3 saturated carbocycles. The molecular weight excluding hydrogens is 416 g/mol. The fourth-order valence-electron chi connectivity index (χ4n) is 9.16. The van der Waals surface area contributed by atoms with Crippen molar-refractivity contribution in [3.8, 4) is 0 Å². The number of fused-ring (bicyclic) bond motifs is 5. The molecule has 0 bridgehead atoms. The van der Waals surface area contributed by atoms with Crippen LogP contribution in [-0.2, 0) is 9.53 Å². The second kappa shape index (κ2) is 10.4. The molecule has 3 fully saturated rings. The fraction of sp³-hybridized carbons (Fsp3) is 0.906. The number of hydrogen-bond donors (Lipinski definition) is 0. The summed E-state index contributed by atoms with van der Waals surface area (Å²) in [6, 6.07) is 0. The highest BCUT2D eigenvalue weighted by molar-refractivity contribution is 5.81. The van der Waals surface area contributed by atoms with E-state index in [-0.39, 0.29) is 17.8 Å². The quantitative estimate of drug-likeness (QED) is 0.315. The minimum absolute atomic E-state index is 0.0771.